The lowest BCUT2D eigenvalue weighted by molar-refractivity contribution is 0.288. The number of para-hydroxylation sites is 1. The second kappa shape index (κ2) is 4.08. The van der Waals surface area contributed by atoms with E-state index in [1.807, 2.05) is 24.3 Å². The van der Waals surface area contributed by atoms with Crippen LogP contribution in [0.4, 0.5) is 0 Å². The largest absolute Gasteiger partial charge is 0.493 e. The molecule has 3 nitrogen and oxygen atoms in total. The zero-order valence-electron chi connectivity index (χ0n) is 10.8. The van der Waals surface area contributed by atoms with Gasteiger partial charge in [0.15, 0.2) is 11.3 Å². The highest BCUT2D eigenvalue weighted by Gasteiger charge is 2.25. The van der Waals surface area contributed by atoms with Gasteiger partial charge in [-0.05, 0) is 17.5 Å². The van der Waals surface area contributed by atoms with E-state index in [0.717, 1.165) is 22.5 Å². The molecule has 0 amide bonds. The fourth-order valence-electron chi connectivity index (χ4n) is 1.80. The van der Waals surface area contributed by atoms with Gasteiger partial charge in [0.25, 0.3) is 0 Å². The summed E-state index contributed by atoms with van der Waals surface area (Å²) >= 11 is 0. The molecular formula is C14H19NO2. The Hall–Kier alpha value is -1.48. The molecule has 1 heterocycles. The Morgan fingerprint density at radius 1 is 1.29 bits per heavy atom. The van der Waals surface area contributed by atoms with E-state index in [-0.39, 0.29) is 11.5 Å². The van der Waals surface area contributed by atoms with Crippen molar-refractivity contribution >= 4 is 11.0 Å². The smallest absolute Gasteiger partial charge is 0.176 e. The van der Waals surface area contributed by atoms with Gasteiger partial charge >= 0.3 is 0 Å². The number of rotatable bonds is 2. The standard InChI is InChI=1S/C14H19NO2/c1-14(2,3)13(15)11-8-9-6-5-7-10(16-4)12(9)17-11/h5-8,13H,15H2,1-4H3. The van der Waals surface area contributed by atoms with Crippen molar-refractivity contribution in [1.29, 1.82) is 0 Å². The first-order valence-electron chi connectivity index (χ1n) is 5.75. The molecule has 1 aromatic carbocycles. The molecule has 0 bridgehead atoms. The van der Waals surface area contributed by atoms with Gasteiger partial charge in [-0.25, -0.2) is 0 Å². The van der Waals surface area contributed by atoms with Crippen LogP contribution in [0.1, 0.15) is 32.6 Å². The van der Waals surface area contributed by atoms with Gasteiger partial charge in [0.1, 0.15) is 5.76 Å². The number of hydrogen-bond acceptors (Lipinski definition) is 3. The predicted octanol–water partition coefficient (Wildman–Crippen LogP) is 3.49. The number of benzene rings is 1. The molecule has 92 valence electrons. The molecule has 2 aromatic rings. The molecule has 0 aliphatic rings. The summed E-state index contributed by atoms with van der Waals surface area (Å²) in [5.41, 5.74) is 6.93. The van der Waals surface area contributed by atoms with Gasteiger partial charge in [0.05, 0.1) is 13.2 Å². The van der Waals surface area contributed by atoms with Gasteiger partial charge in [-0.2, -0.15) is 0 Å². The Kier molecular flexibility index (Phi) is 2.87. The summed E-state index contributed by atoms with van der Waals surface area (Å²) in [7, 11) is 1.64. The molecule has 0 radical (unpaired) electrons. The van der Waals surface area contributed by atoms with Crippen molar-refractivity contribution < 1.29 is 9.15 Å². The van der Waals surface area contributed by atoms with Crippen LogP contribution < -0.4 is 10.5 Å². The van der Waals surface area contributed by atoms with Gasteiger partial charge < -0.3 is 14.9 Å². The average molecular weight is 233 g/mol. The summed E-state index contributed by atoms with van der Waals surface area (Å²) in [5.74, 6) is 1.55. The first-order valence-corrected chi connectivity index (χ1v) is 5.75. The van der Waals surface area contributed by atoms with Crippen molar-refractivity contribution in [3.05, 3.63) is 30.0 Å². The van der Waals surface area contributed by atoms with E-state index in [1.165, 1.54) is 0 Å². The normalized spacial score (nSPS) is 13.9. The molecule has 2 N–H and O–H groups in total. The lowest BCUT2D eigenvalue weighted by atomic mass is 9.86. The van der Waals surface area contributed by atoms with Crippen LogP contribution >= 0.6 is 0 Å². The fraction of sp³-hybridized carbons (Fsp3) is 0.429. The van der Waals surface area contributed by atoms with Crippen molar-refractivity contribution in [3.8, 4) is 5.75 Å². The Morgan fingerprint density at radius 3 is 2.59 bits per heavy atom. The van der Waals surface area contributed by atoms with E-state index in [0.29, 0.717) is 0 Å². The second-order valence-electron chi connectivity index (χ2n) is 5.37. The van der Waals surface area contributed by atoms with E-state index >= 15 is 0 Å². The van der Waals surface area contributed by atoms with E-state index in [2.05, 4.69) is 20.8 Å². The van der Waals surface area contributed by atoms with Gasteiger partial charge in [-0.3, -0.25) is 0 Å². The first kappa shape index (κ1) is 12.0. The Morgan fingerprint density at radius 2 is 2.00 bits per heavy atom. The predicted molar refractivity (Wildman–Crippen MR) is 69.1 cm³/mol. The molecule has 0 saturated heterocycles. The van der Waals surface area contributed by atoms with Crippen LogP contribution in [0.3, 0.4) is 0 Å². The molecule has 0 aliphatic carbocycles. The van der Waals surface area contributed by atoms with E-state index in [1.54, 1.807) is 7.11 Å². The van der Waals surface area contributed by atoms with Crippen LogP contribution in [0.5, 0.6) is 5.75 Å². The number of hydrogen-bond donors (Lipinski definition) is 1. The zero-order valence-corrected chi connectivity index (χ0v) is 10.8. The van der Waals surface area contributed by atoms with Gasteiger partial charge in [0, 0.05) is 5.39 Å². The van der Waals surface area contributed by atoms with Gasteiger partial charge in [0.2, 0.25) is 0 Å². The minimum absolute atomic E-state index is 0.0267. The summed E-state index contributed by atoms with van der Waals surface area (Å²) < 4.78 is 11.1. The van der Waals surface area contributed by atoms with Crippen molar-refractivity contribution in [2.75, 3.05) is 7.11 Å². The average Bonchev–Trinajstić information content (AvgIpc) is 2.69. The number of nitrogens with two attached hydrogens (primary N) is 1. The summed E-state index contributed by atoms with van der Waals surface area (Å²) in [6, 6.07) is 7.70. The van der Waals surface area contributed by atoms with Crippen molar-refractivity contribution in [1.82, 2.24) is 0 Å². The molecule has 1 aromatic heterocycles. The molecule has 3 heteroatoms. The molecule has 0 fully saturated rings. The molecule has 0 saturated carbocycles. The quantitative estimate of drug-likeness (QED) is 0.863. The fourth-order valence-corrected chi connectivity index (χ4v) is 1.80. The Bertz CT molecular complexity index is 522. The molecule has 2 rings (SSSR count). The van der Waals surface area contributed by atoms with Crippen molar-refractivity contribution in [2.24, 2.45) is 11.1 Å². The van der Waals surface area contributed by atoms with E-state index in [4.69, 9.17) is 14.9 Å². The SMILES string of the molecule is COc1cccc2cc(C(N)C(C)(C)C)oc12. The molecule has 0 aliphatic heterocycles. The van der Waals surface area contributed by atoms with Crippen LogP contribution in [0, 0.1) is 5.41 Å². The molecule has 0 spiro atoms. The van der Waals surface area contributed by atoms with Crippen LogP contribution in [0.25, 0.3) is 11.0 Å². The summed E-state index contributed by atoms with van der Waals surface area (Å²) in [6.45, 7) is 6.30. The minimum Gasteiger partial charge on any atom is -0.493 e. The maximum atomic E-state index is 6.19. The minimum atomic E-state index is -0.125. The zero-order chi connectivity index (χ0) is 12.6. The lowest BCUT2D eigenvalue weighted by Gasteiger charge is -2.24. The first-order chi connectivity index (χ1) is 7.93. The summed E-state index contributed by atoms with van der Waals surface area (Å²) in [5, 5.41) is 1.03. The lowest BCUT2D eigenvalue weighted by Crippen LogP contribution is -2.25. The second-order valence-corrected chi connectivity index (χ2v) is 5.37. The van der Waals surface area contributed by atoms with Gasteiger partial charge in [-0.15, -0.1) is 0 Å². The van der Waals surface area contributed by atoms with Crippen LogP contribution in [0.15, 0.2) is 28.7 Å². The number of ether oxygens (including phenoxy) is 1. The highest BCUT2D eigenvalue weighted by molar-refractivity contribution is 5.83. The molecule has 1 atom stereocenters. The molecular weight excluding hydrogens is 214 g/mol. The summed E-state index contributed by atoms with van der Waals surface area (Å²) in [4.78, 5) is 0. The van der Waals surface area contributed by atoms with Gasteiger partial charge in [-0.1, -0.05) is 32.9 Å². The third kappa shape index (κ3) is 2.15. The summed E-state index contributed by atoms with van der Waals surface area (Å²) in [6.07, 6.45) is 0. The maximum absolute atomic E-state index is 6.19. The third-order valence-corrected chi connectivity index (χ3v) is 2.99. The van der Waals surface area contributed by atoms with E-state index in [9.17, 15) is 0 Å². The maximum Gasteiger partial charge on any atom is 0.176 e. The monoisotopic (exact) mass is 233 g/mol. The Labute approximate surface area is 102 Å². The van der Waals surface area contributed by atoms with E-state index < -0.39 is 0 Å². The number of fused-ring (bicyclic) bond motifs is 1. The topological polar surface area (TPSA) is 48.4 Å². The van der Waals surface area contributed by atoms with Crippen molar-refractivity contribution in [2.45, 2.75) is 26.8 Å². The number of furan rings is 1. The highest BCUT2D eigenvalue weighted by atomic mass is 16.5. The van der Waals surface area contributed by atoms with Crippen molar-refractivity contribution in [3.63, 3.8) is 0 Å². The van der Waals surface area contributed by atoms with Crippen LogP contribution in [-0.2, 0) is 0 Å². The van der Waals surface area contributed by atoms with Crippen LogP contribution in [-0.4, -0.2) is 7.11 Å². The third-order valence-electron chi connectivity index (χ3n) is 2.99. The highest BCUT2D eigenvalue weighted by Crippen LogP contribution is 2.36. The number of methoxy groups -OCH3 is 1. The van der Waals surface area contributed by atoms with Crippen LogP contribution in [0.2, 0.25) is 0 Å². The molecule has 17 heavy (non-hydrogen) atoms. The Balaban J connectivity index is 2.52. The molecule has 1 unspecified atom stereocenters.